The van der Waals surface area contributed by atoms with Crippen LogP contribution in [-0.2, 0) is 14.4 Å². The molecular formula is C26H25ClFN5O5. The monoisotopic (exact) mass is 541 g/mol. The van der Waals surface area contributed by atoms with Gasteiger partial charge in [0.1, 0.15) is 12.0 Å². The molecule has 4 rings (SSSR count). The molecule has 198 valence electrons. The number of likely N-dealkylation sites (N-methyl/N-ethyl adjacent to an activating group) is 1. The number of aliphatic hydroxyl groups is 1. The molecule has 1 saturated carbocycles. The van der Waals surface area contributed by atoms with Crippen LogP contribution in [0, 0.1) is 23.6 Å². The second-order valence-electron chi connectivity index (χ2n) is 8.95. The van der Waals surface area contributed by atoms with Gasteiger partial charge in [0.25, 0.3) is 5.56 Å². The topological polar surface area (TPSA) is 147 Å². The van der Waals surface area contributed by atoms with Gasteiger partial charge in [-0.3, -0.25) is 23.7 Å². The van der Waals surface area contributed by atoms with E-state index in [2.05, 4.69) is 10.6 Å². The van der Waals surface area contributed by atoms with E-state index in [0.717, 1.165) is 11.0 Å². The minimum atomic E-state index is -1.32. The second-order valence-corrected chi connectivity index (χ2v) is 9.38. The average molecular weight is 542 g/mol. The number of rotatable bonds is 9. The average Bonchev–Trinajstić information content (AvgIpc) is 3.62. The summed E-state index contributed by atoms with van der Waals surface area (Å²) >= 11 is 5.89. The molecule has 12 heteroatoms. The number of carbonyl (C=O) groups is 3. The summed E-state index contributed by atoms with van der Waals surface area (Å²) in [6, 6.07) is 14.8. The SMILES string of the molecule is CN(CC(N)=O)C(=O)[C@@H]1[C@@H](C(=O)Nc2ccc(-n3ccccc3=O)cc2F)[C@H]1C(O)Nc1ccc(Cl)cc1. The number of aliphatic hydroxyl groups excluding tert-OH is 1. The van der Waals surface area contributed by atoms with E-state index in [-0.39, 0.29) is 23.5 Å². The van der Waals surface area contributed by atoms with Crippen LogP contribution in [-0.4, -0.2) is 52.1 Å². The molecule has 1 aliphatic carbocycles. The van der Waals surface area contributed by atoms with E-state index in [1.54, 1.807) is 36.4 Å². The molecule has 0 spiro atoms. The molecule has 1 unspecified atom stereocenters. The lowest BCUT2D eigenvalue weighted by atomic mass is 10.2. The molecule has 0 aliphatic heterocycles. The first-order valence-corrected chi connectivity index (χ1v) is 12.0. The highest BCUT2D eigenvalue weighted by atomic mass is 35.5. The van der Waals surface area contributed by atoms with Crippen LogP contribution in [0.4, 0.5) is 15.8 Å². The predicted octanol–water partition coefficient (Wildman–Crippen LogP) is 1.80. The Morgan fingerprint density at radius 1 is 1.13 bits per heavy atom. The number of hydrogen-bond donors (Lipinski definition) is 4. The van der Waals surface area contributed by atoms with Crippen molar-refractivity contribution in [3.63, 3.8) is 0 Å². The minimum absolute atomic E-state index is 0.162. The third kappa shape index (κ3) is 5.84. The number of benzene rings is 2. The van der Waals surface area contributed by atoms with Crippen molar-refractivity contribution >= 4 is 40.7 Å². The minimum Gasteiger partial charge on any atom is -0.373 e. The summed E-state index contributed by atoms with van der Waals surface area (Å²) in [7, 11) is 1.36. The lowest BCUT2D eigenvalue weighted by Gasteiger charge is -2.17. The Morgan fingerprint density at radius 3 is 2.47 bits per heavy atom. The van der Waals surface area contributed by atoms with Crippen LogP contribution in [0.5, 0.6) is 0 Å². The Bertz CT molecular complexity index is 1430. The van der Waals surface area contributed by atoms with Crippen LogP contribution in [0.1, 0.15) is 0 Å². The Kier molecular flexibility index (Phi) is 7.79. The Balaban J connectivity index is 1.53. The summed E-state index contributed by atoms with van der Waals surface area (Å²) in [5.41, 5.74) is 5.44. The van der Waals surface area contributed by atoms with E-state index >= 15 is 0 Å². The van der Waals surface area contributed by atoms with Gasteiger partial charge in [0.05, 0.1) is 29.8 Å². The zero-order valence-corrected chi connectivity index (χ0v) is 20.9. The van der Waals surface area contributed by atoms with Crippen molar-refractivity contribution in [3.8, 4) is 5.69 Å². The molecule has 5 N–H and O–H groups in total. The molecule has 1 fully saturated rings. The predicted molar refractivity (Wildman–Crippen MR) is 139 cm³/mol. The number of amides is 3. The van der Waals surface area contributed by atoms with Gasteiger partial charge < -0.3 is 26.4 Å². The highest BCUT2D eigenvalue weighted by molar-refractivity contribution is 6.30. The smallest absolute Gasteiger partial charge is 0.255 e. The standard InChI is InChI=1S/C26H25ClFN5O5/c1-32(13-19(29)34)26(38)23-21(24(36)30-15-7-5-14(27)6-8-15)22(23)25(37)31-18-10-9-16(12-17(18)28)33-11-3-2-4-20(33)35/h2-12,21-24,30,36H,13H2,1H3,(H2,29,34)(H,31,37)/t21-,22+,23+,24?/m1/s1. The number of hydrogen-bond acceptors (Lipinski definition) is 6. The van der Waals surface area contributed by atoms with Crippen LogP contribution < -0.4 is 21.9 Å². The molecule has 10 nitrogen and oxygen atoms in total. The molecule has 2 aromatic carbocycles. The Hall–Kier alpha value is -4.22. The number of primary amides is 1. The van der Waals surface area contributed by atoms with Crippen molar-refractivity contribution < 1.29 is 23.9 Å². The zero-order valence-electron chi connectivity index (χ0n) is 20.2. The van der Waals surface area contributed by atoms with Crippen molar-refractivity contribution in [1.29, 1.82) is 0 Å². The van der Waals surface area contributed by atoms with Gasteiger partial charge >= 0.3 is 0 Å². The van der Waals surface area contributed by atoms with Crippen LogP contribution >= 0.6 is 11.6 Å². The molecule has 38 heavy (non-hydrogen) atoms. The second kappa shape index (κ2) is 11.0. The highest BCUT2D eigenvalue weighted by Gasteiger charge is 2.62. The number of nitrogens with one attached hydrogen (secondary N) is 2. The number of carbonyl (C=O) groups excluding carboxylic acids is 3. The van der Waals surface area contributed by atoms with Gasteiger partial charge in [-0.05, 0) is 42.5 Å². The third-order valence-electron chi connectivity index (χ3n) is 6.27. The molecule has 0 bridgehead atoms. The summed E-state index contributed by atoms with van der Waals surface area (Å²) in [4.78, 5) is 50.6. The Morgan fingerprint density at radius 2 is 1.84 bits per heavy atom. The molecule has 3 aromatic rings. The molecule has 0 saturated heterocycles. The zero-order chi connectivity index (χ0) is 27.6. The van der Waals surface area contributed by atoms with Gasteiger partial charge in [-0.1, -0.05) is 17.7 Å². The third-order valence-corrected chi connectivity index (χ3v) is 6.52. The number of nitrogens with zero attached hydrogens (tertiary/aromatic N) is 2. The van der Waals surface area contributed by atoms with Crippen LogP contribution in [0.25, 0.3) is 5.69 Å². The van der Waals surface area contributed by atoms with Crippen molar-refractivity contribution in [2.24, 2.45) is 23.5 Å². The van der Waals surface area contributed by atoms with E-state index in [4.69, 9.17) is 17.3 Å². The quantitative estimate of drug-likeness (QED) is 0.304. The van der Waals surface area contributed by atoms with Crippen molar-refractivity contribution in [1.82, 2.24) is 9.47 Å². The fourth-order valence-electron chi connectivity index (χ4n) is 4.37. The van der Waals surface area contributed by atoms with E-state index in [1.165, 1.54) is 36.0 Å². The summed E-state index contributed by atoms with van der Waals surface area (Å²) in [5, 5.41) is 16.6. The largest absolute Gasteiger partial charge is 0.373 e. The van der Waals surface area contributed by atoms with Crippen LogP contribution in [0.15, 0.2) is 71.7 Å². The number of anilines is 2. The maximum absolute atomic E-state index is 14.9. The van der Waals surface area contributed by atoms with Gasteiger partial charge in [0.2, 0.25) is 17.7 Å². The van der Waals surface area contributed by atoms with Crippen molar-refractivity contribution in [2.45, 2.75) is 6.23 Å². The molecule has 3 amide bonds. The number of halogens is 2. The summed E-state index contributed by atoms with van der Waals surface area (Å²) in [5.74, 6) is -5.68. The van der Waals surface area contributed by atoms with Gasteiger partial charge in [-0.2, -0.15) is 0 Å². The lowest BCUT2D eigenvalue weighted by molar-refractivity contribution is -0.136. The number of nitrogens with two attached hydrogens (primary N) is 1. The fraction of sp³-hybridized carbons (Fsp3) is 0.231. The first-order valence-electron chi connectivity index (χ1n) is 11.6. The van der Waals surface area contributed by atoms with Crippen LogP contribution in [0.2, 0.25) is 5.02 Å². The molecule has 1 heterocycles. The normalized spacial score (nSPS) is 18.8. The van der Waals surface area contributed by atoms with E-state index < -0.39 is 47.5 Å². The lowest BCUT2D eigenvalue weighted by Crippen LogP contribution is -2.37. The van der Waals surface area contributed by atoms with Crippen LogP contribution in [0.3, 0.4) is 0 Å². The van der Waals surface area contributed by atoms with Gasteiger partial charge in [0, 0.05) is 42.0 Å². The highest BCUT2D eigenvalue weighted by Crippen LogP contribution is 2.50. The molecule has 0 radical (unpaired) electrons. The van der Waals surface area contributed by atoms with Crippen molar-refractivity contribution in [2.75, 3.05) is 24.2 Å². The van der Waals surface area contributed by atoms with Gasteiger partial charge in [-0.25, -0.2) is 4.39 Å². The number of pyridine rings is 1. The first kappa shape index (κ1) is 26.8. The van der Waals surface area contributed by atoms with E-state index in [1.807, 2.05) is 0 Å². The molecule has 4 atom stereocenters. The molecule has 1 aliphatic rings. The maximum Gasteiger partial charge on any atom is 0.255 e. The van der Waals surface area contributed by atoms with Gasteiger partial charge in [0.15, 0.2) is 0 Å². The Labute approximate surface area is 221 Å². The molecular weight excluding hydrogens is 517 g/mol. The maximum atomic E-state index is 14.9. The fourth-order valence-corrected chi connectivity index (χ4v) is 4.50. The summed E-state index contributed by atoms with van der Waals surface area (Å²) in [6.07, 6.45) is 0.165. The van der Waals surface area contributed by atoms with E-state index in [0.29, 0.717) is 10.7 Å². The summed E-state index contributed by atoms with van der Waals surface area (Å²) < 4.78 is 16.1. The van der Waals surface area contributed by atoms with Gasteiger partial charge in [-0.15, -0.1) is 0 Å². The first-order chi connectivity index (χ1) is 18.1. The van der Waals surface area contributed by atoms with Crippen molar-refractivity contribution in [3.05, 3.63) is 88.1 Å². The summed E-state index contributed by atoms with van der Waals surface area (Å²) in [6.45, 7) is -0.369. The molecule has 1 aromatic heterocycles. The van der Waals surface area contributed by atoms with E-state index in [9.17, 15) is 28.7 Å². The number of aromatic nitrogens is 1.